The molecule has 1 N–H and O–H groups in total. The number of hydrogen-bond donors (Lipinski definition) is 1. The Kier molecular flexibility index (Phi) is 6.67. The van der Waals surface area contributed by atoms with Crippen LogP contribution in [0, 0.1) is 5.92 Å². The van der Waals surface area contributed by atoms with Crippen LogP contribution in [0.1, 0.15) is 43.5 Å². The van der Waals surface area contributed by atoms with Crippen LogP contribution in [0.5, 0.6) is 11.5 Å². The van der Waals surface area contributed by atoms with E-state index in [1.807, 2.05) is 6.92 Å². The number of likely N-dealkylation sites (tertiary alicyclic amines) is 1. The average Bonchev–Trinajstić information content (AvgIpc) is 2.66. The summed E-state index contributed by atoms with van der Waals surface area (Å²) in [5, 5.41) is 3.03. The second kappa shape index (κ2) is 8.74. The molecular weight excluding hydrogens is 320 g/mol. The van der Waals surface area contributed by atoms with Crippen LogP contribution in [0.2, 0.25) is 0 Å². The number of nitrogens with one attached hydrogen (secondary N) is 1. The van der Waals surface area contributed by atoms with Crippen LogP contribution in [-0.4, -0.2) is 50.1 Å². The number of carbonyl (C=O) groups is 2. The molecule has 0 aliphatic carbocycles. The van der Waals surface area contributed by atoms with Crippen LogP contribution >= 0.6 is 0 Å². The van der Waals surface area contributed by atoms with Crippen LogP contribution in [0.15, 0.2) is 18.2 Å². The molecule has 1 atom stereocenters. The largest absolute Gasteiger partial charge is 0.497 e. The van der Waals surface area contributed by atoms with Crippen LogP contribution < -0.4 is 14.8 Å². The van der Waals surface area contributed by atoms with E-state index >= 15 is 0 Å². The monoisotopic (exact) mass is 348 g/mol. The molecule has 0 aromatic heterocycles. The zero-order chi connectivity index (χ0) is 18.4. The van der Waals surface area contributed by atoms with Crippen LogP contribution in [0.25, 0.3) is 0 Å². The first-order valence-corrected chi connectivity index (χ1v) is 8.81. The van der Waals surface area contributed by atoms with Crippen molar-refractivity contribution in [1.82, 2.24) is 10.2 Å². The normalized spacial score (nSPS) is 16.2. The fourth-order valence-corrected chi connectivity index (χ4v) is 2.92. The summed E-state index contributed by atoms with van der Waals surface area (Å²) in [7, 11) is 3.12. The molecule has 0 spiro atoms. The summed E-state index contributed by atoms with van der Waals surface area (Å²) in [6.07, 6.45) is 2.30. The van der Waals surface area contributed by atoms with Crippen LogP contribution in [-0.2, 0) is 4.79 Å². The Bertz CT molecular complexity index is 587. The number of nitrogens with zero attached hydrogens (tertiary/aromatic N) is 1. The molecule has 6 heteroatoms. The number of methoxy groups -OCH3 is 2. The molecule has 2 rings (SSSR count). The van der Waals surface area contributed by atoms with Gasteiger partial charge in [-0.05, 0) is 38.3 Å². The van der Waals surface area contributed by atoms with Gasteiger partial charge in [-0.25, -0.2) is 0 Å². The highest BCUT2D eigenvalue weighted by Crippen LogP contribution is 2.25. The molecule has 1 aromatic rings. The van der Waals surface area contributed by atoms with Gasteiger partial charge in [0, 0.05) is 36.7 Å². The number of rotatable bonds is 6. The highest BCUT2D eigenvalue weighted by atomic mass is 16.5. The van der Waals surface area contributed by atoms with E-state index in [0.29, 0.717) is 43.0 Å². The second-order valence-electron chi connectivity index (χ2n) is 6.49. The first-order chi connectivity index (χ1) is 12.0. The number of hydrogen-bond acceptors (Lipinski definition) is 4. The molecule has 1 fully saturated rings. The smallest absolute Gasteiger partial charge is 0.254 e. The molecule has 1 aromatic carbocycles. The van der Waals surface area contributed by atoms with Gasteiger partial charge in [-0.15, -0.1) is 0 Å². The lowest BCUT2D eigenvalue weighted by atomic mass is 9.95. The lowest BCUT2D eigenvalue weighted by molar-refractivity contribution is -0.126. The Labute approximate surface area is 149 Å². The molecule has 1 aliphatic heterocycles. The quantitative estimate of drug-likeness (QED) is 0.857. The molecule has 2 amide bonds. The molecule has 1 aliphatic rings. The number of benzene rings is 1. The number of carbonyl (C=O) groups excluding carboxylic acids is 2. The SMILES string of the molecule is CCC(C)NC(=O)C1CCN(C(=O)c2cc(OC)cc(OC)c2)CC1. The molecule has 1 heterocycles. The maximum atomic E-state index is 12.8. The summed E-state index contributed by atoms with van der Waals surface area (Å²) >= 11 is 0. The fraction of sp³-hybridized carbons (Fsp3) is 0.579. The maximum Gasteiger partial charge on any atom is 0.254 e. The van der Waals surface area contributed by atoms with Crippen LogP contribution in [0.3, 0.4) is 0 Å². The molecule has 1 unspecified atom stereocenters. The van der Waals surface area contributed by atoms with Crippen LogP contribution in [0.4, 0.5) is 0 Å². The van der Waals surface area contributed by atoms with E-state index in [4.69, 9.17) is 9.47 Å². The Balaban J connectivity index is 1.98. The molecule has 25 heavy (non-hydrogen) atoms. The third-order valence-corrected chi connectivity index (χ3v) is 4.75. The van der Waals surface area contributed by atoms with Crippen molar-refractivity contribution in [2.45, 2.75) is 39.2 Å². The van der Waals surface area contributed by atoms with Crippen molar-refractivity contribution in [3.05, 3.63) is 23.8 Å². The summed E-state index contributed by atoms with van der Waals surface area (Å²) in [5.74, 6) is 1.21. The molecule has 6 nitrogen and oxygen atoms in total. The predicted molar refractivity (Wildman–Crippen MR) is 96.1 cm³/mol. The van der Waals surface area contributed by atoms with E-state index in [1.165, 1.54) is 0 Å². The molecular formula is C19H28N2O4. The van der Waals surface area contributed by atoms with Gasteiger partial charge in [0.15, 0.2) is 0 Å². The van der Waals surface area contributed by atoms with E-state index in [1.54, 1.807) is 37.3 Å². The number of piperidine rings is 1. The van der Waals surface area contributed by atoms with Crippen molar-refractivity contribution >= 4 is 11.8 Å². The van der Waals surface area contributed by atoms with E-state index in [-0.39, 0.29) is 23.8 Å². The molecule has 0 radical (unpaired) electrons. The lowest BCUT2D eigenvalue weighted by Crippen LogP contribution is -2.44. The van der Waals surface area contributed by atoms with E-state index in [0.717, 1.165) is 6.42 Å². The average molecular weight is 348 g/mol. The maximum absolute atomic E-state index is 12.8. The number of ether oxygens (including phenoxy) is 2. The van der Waals surface area contributed by atoms with Gasteiger partial charge in [0.05, 0.1) is 14.2 Å². The van der Waals surface area contributed by atoms with Crippen molar-refractivity contribution in [2.24, 2.45) is 5.92 Å². The Morgan fingerprint density at radius 3 is 2.20 bits per heavy atom. The Morgan fingerprint density at radius 1 is 1.16 bits per heavy atom. The van der Waals surface area contributed by atoms with Gasteiger partial charge < -0.3 is 19.7 Å². The zero-order valence-electron chi connectivity index (χ0n) is 15.5. The van der Waals surface area contributed by atoms with Gasteiger partial charge in [-0.3, -0.25) is 9.59 Å². The van der Waals surface area contributed by atoms with Gasteiger partial charge in [-0.1, -0.05) is 6.92 Å². The van der Waals surface area contributed by atoms with Crippen molar-refractivity contribution in [3.63, 3.8) is 0 Å². The van der Waals surface area contributed by atoms with Crippen molar-refractivity contribution in [3.8, 4) is 11.5 Å². The fourth-order valence-electron chi connectivity index (χ4n) is 2.92. The summed E-state index contributed by atoms with van der Waals surface area (Å²) in [4.78, 5) is 26.8. The predicted octanol–water partition coefficient (Wildman–Crippen LogP) is 2.47. The molecule has 0 saturated carbocycles. The van der Waals surface area contributed by atoms with Crippen molar-refractivity contribution in [1.29, 1.82) is 0 Å². The Hall–Kier alpha value is -2.24. The minimum Gasteiger partial charge on any atom is -0.497 e. The topological polar surface area (TPSA) is 67.9 Å². The van der Waals surface area contributed by atoms with Gasteiger partial charge in [0.1, 0.15) is 11.5 Å². The summed E-state index contributed by atoms with van der Waals surface area (Å²) < 4.78 is 10.5. The van der Waals surface area contributed by atoms with E-state index in [9.17, 15) is 9.59 Å². The summed E-state index contributed by atoms with van der Waals surface area (Å²) in [6, 6.07) is 5.36. The summed E-state index contributed by atoms with van der Waals surface area (Å²) in [6.45, 7) is 5.22. The molecule has 1 saturated heterocycles. The molecule has 0 bridgehead atoms. The van der Waals surface area contributed by atoms with Gasteiger partial charge >= 0.3 is 0 Å². The third-order valence-electron chi connectivity index (χ3n) is 4.75. The van der Waals surface area contributed by atoms with E-state index in [2.05, 4.69) is 12.2 Å². The van der Waals surface area contributed by atoms with Crippen molar-refractivity contribution in [2.75, 3.05) is 27.3 Å². The molecule has 138 valence electrons. The summed E-state index contributed by atoms with van der Waals surface area (Å²) in [5.41, 5.74) is 0.540. The Morgan fingerprint density at radius 2 is 1.72 bits per heavy atom. The van der Waals surface area contributed by atoms with Gasteiger partial charge in [0.25, 0.3) is 5.91 Å². The highest BCUT2D eigenvalue weighted by molar-refractivity contribution is 5.95. The standard InChI is InChI=1S/C19H28N2O4/c1-5-13(2)20-18(22)14-6-8-21(9-7-14)19(23)15-10-16(24-3)12-17(11-15)25-4/h10-14H,5-9H2,1-4H3,(H,20,22). The minimum atomic E-state index is -0.0574. The third kappa shape index (κ3) is 4.87. The highest BCUT2D eigenvalue weighted by Gasteiger charge is 2.28. The first-order valence-electron chi connectivity index (χ1n) is 8.81. The van der Waals surface area contributed by atoms with Gasteiger partial charge in [0.2, 0.25) is 5.91 Å². The minimum absolute atomic E-state index is 0.0158. The second-order valence-corrected chi connectivity index (χ2v) is 6.49. The number of amides is 2. The lowest BCUT2D eigenvalue weighted by Gasteiger charge is -2.32. The van der Waals surface area contributed by atoms with E-state index < -0.39 is 0 Å². The van der Waals surface area contributed by atoms with Crippen molar-refractivity contribution < 1.29 is 19.1 Å². The first kappa shape index (κ1) is 19.1. The van der Waals surface area contributed by atoms with Gasteiger partial charge in [-0.2, -0.15) is 0 Å². The zero-order valence-corrected chi connectivity index (χ0v) is 15.5.